The Labute approximate surface area is 154 Å². The van der Waals surface area contributed by atoms with Gasteiger partial charge in [0.1, 0.15) is 5.60 Å². The van der Waals surface area contributed by atoms with E-state index in [4.69, 9.17) is 4.74 Å². The van der Waals surface area contributed by atoms with E-state index in [2.05, 4.69) is 10.6 Å². The quantitative estimate of drug-likeness (QED) is 0.721. The number of nitrogens with one attached hydrogen (secondary N) is 2. The summed E-state index contributed by atoms with van der Waals surface area (Å²) in [7, 11) is 0. The van der Waals surface area contributed by atoms with Crippen molar-refractivity contribution in [3.63, 3.8) is 0 Å². The van der Waals surface area contributed by atoms with E-state index in [1.54, 1.807) is 25.7 Å². The number of rotatable bonds is 6. The maximum absolute atomic E-state index is 12.1. The van der Waals surface area contributed by atoms with E-state index in [9.17, 15) is 14.7 Å². The molecule has 1 aliphatic rings. The summed E-state index contributed by atoms with van der Waals surface area (Å²) in [5.41, 5.74) is 2.19. The summed E-state index contributed by atoms with van der Waals surface area (Å²) in [5, 5.41) is 15.7. The number of carbonyl (C=O) groups excluding carboxylic acids is 2. The van der Waals surface area contributed by atoms with Crippen LogP contribution in [0.4, 0.5) is 16.2 Å². The van der Waals surface area contributed by atoms with Gasteiger partial charge in [0, 0.05) is 30.5 Å². The van der Waals surface area contributed by atoms with Gasteiger partial charge in [0.05, 0.1) is 12.5 Å². The zero-order valence-corrected chi connectivity index (χ0v) is 16.1. The van der Waals surface area contributed by atoms with Crippen LogP contribution in [0.25, 0.3) is 0 Å². The minimum Gasteiger partial charge on any atom is -0.444 e. The van der Waals surface area contributed by atoms with Gasteiger partial charge in [-0.15, -0.1) is 0 Å². The molecule has 7 heteroatoms. The van der Waals surface area contributed by atoms with E-state index in [0.717, 1.165) is 16.9 Å². The van der Waals surface area contributed by atoms with Crippen LogP contribution in [-0.4, -0.2) is 47.9 Å². The van der Waals surface area contributed by atoms with Crippen LogP contribution in [0.3, 0.4) is 0 Å². The van der Waals surface area contributed by atoms with Crippen molar-refractivity contribution in [2.24, 2.45) is 0 Å². The van der Waals surface area contributed by atoms with Gasteiger partial charge in [0.25, 0.3) is 0 Å². The van der Waals surface area contributed by atoms with Crippen LogP contribution in [0.2, 0.25) is 0 Å². The van der Waals surface area contributed by atoms with E-state index < -0.39 is 17.8 Å². The van der Waals surface area contributed by atoms with Crippen molar-refractivity contribution in [3.05, 3.63) is 23.8 Å². The van der Waals surface area contributed by atoms with Crippen LogP contribution >= 0.6 is 0 Å². The van der Waals surface area contributed by atoms with Gasteiger partial charge >= 0.3 is 6.09 Å². The molecule has 1 aromatic carbocycles. The molecule has 3 N–H and O–H groups in total. The lowest BCUT2D eigenvalue weighted by Gasteiger charge is -2.22. The molecule has 0 radical (unpaired) electrons. The number of carbonyl (C=O) groups is 2. The summed E-state index contributed by atoms with van der Waals surface area (Å²) >= 11 is 0. The summed E-state index contributed by atoms with van der Waals surface area (Å²) < 4.78 is 5.12. The van der Waals surface area contributed by atoms with Gasteiger partial charge in [-0.3, -0.25) is 4.79 Å². The first-order valence-corrected chi connectivity index (χ1v) is 8.90. The highest BCUT2D eigenvalue weighted by Crippen LogP contribution is 2.32. The minimum absolute atomic E-state index is 0.0897. The molecule has 1 aromatic rings. The Morgan fingerprint density at radius 2 is 2.00 bits per heavy atom. The number of nitrogens with zero attached hydrogens (tertiary/aromatic N) is 1. The van der Waals surface area contributed by atoms with Crippen molar-refractivity contribution >= 4 is 23.4 Å². The Morgan fingerprint density at radius 3 is 2.62 bits per heavy atom. The molecule has 0 unspecified atom stereocenters. The average molecular weight is 363 g/mol. The van der Waals surface area contributed by atoms with Gasteiger partial charge < -0.3 is 25.4 Å². The third-order valence-corrected chi connectivity index (χ3v) is 3.89. The van der Waals surface area contributed by atoms with Crippen LogP contribution in [-0.2, 0) is 16.0 Å². The number of benzene rings is 1. The first-order valence-electron chi connectivity index (χ1n) is 8.90. The molecule has 1 heterocycles. The smallest absolute Gasteiger partial charge is 0.407 e. The first-order chi connectivity index (χ1) is 12.1. The average Bonchev–Trinajstić information content (AvgIpc) is 2.84. The monoisotopic (exact) mass is 363 g/mol. The maximum atomic E-state index is 12.1. The second-order valence-electron chi connectivity index (χ2n) is 7.80. The van der Waals surface area contributed by atoms with Crippen LogP contribution in [0, 0.1) is 0 Å². The summed E-state index contributed by atoms with van der Waals surface area (Å²) in [4.78, 5) is 25.5. The number of hydrogen-bond acceptors (Lipinski definition) is 5. The largest absolute Gasteiger partial charge is 0.444 e. The van der Waals surface area contributed by atoms with Crippen LogP contribution < -0.4 is 15.5 Å². The molecule has 26 heavy (non-hydrogen) atoms. The molecule has 144 valence electrons. The number of amides is 2. The molecule has 0 saturated carbocycles. The molecular weight excluding hydrogens is 334 g/mol. The van der Waals surface area contributed by atoms with Crippen LogP contribution in [0.1, 0.15) is 40.2 Å². The Bertz CT molecular complexity index is 667. The van der Waals surface area contributed by atoms with Gasteiger partial charge in [-0.2, -0.15) is 0 Å². The molecule has 0 aromatic heterocycles. The van der Waals surface area contributed by atoms with Crippen molar-refractivity contribution in [1.29, 1.82) is 0 Å². The maximum Gasteiger partial charge on any atom is 0.407 e. The Kier molecular flexibility index (Phi) is 6.13. The van der Waals surface area contributed by atoms with Crippen LogP contribution in [0.15, 0.2) is 18.2 Å². The molecule has 0 saturated heterocycles. The zero-order chi connectivity index (χ0) is 19.5. The van der Waals surface area contributed by atoms with Gasteiger partial charge in [-0.25, -0.2) is 4.79 Å². The Hall–Kier alpha value is -2.28. The molecule has 0 bridgehead atoms. The number of alkyl carbamates (subject to hydrolysis) is 1. The number of aliphatic hydroxyl groups excluding tert-OH is 1. The van der Waals surface area contributed by atoms with Crippen molar-refractivity contribution in [2.75, 3.05) is 23.3 Å². The highest BCUT2D eigenvalue weighted by Gasteiger charge is 2.29. The van der Waals surface area contributed by atoms with Crippen molar-refractivity contribution in [2.45, 2.75) is 58.8 Å². The van der Waals surface area contributed by atoms with Gasteiger partial charge in [0.15, 0.2) is 0 Å². The molecule has 2 amide bonds. The van der Waals surface area contributed by atoms with Gasteiger partial charge in [-0.05, 0) is 58.4 Å². The second-order valence-corrected chi connectivity index (χ2v) is 7.80. The molecule has 2 rings (SSSR count). The zero-order valence-electron chi connectivity index (χ0n) is 16.1. The van der Waals surface area contributed by atoms with E-state index >= 15 is 0 Å². The lowest BCUT2D eigenvalue weighted by atomic mass is 10.1. The standard InChI is InChI=1S/C19H29N3O4/c1-12(2)22-16-7-6-14(8-13(16)9-17(22)24)20-10-15(23)11-21-18(25)26-19(3,4)5/h6-8,12,15,20,23H,9-11H2,1-5H3,(H,21,25)/t15-/m1/s1. The SMILES string of the molecule is CC(C)N1C(=O)Cc2cc(NC[C@@H](O)CNC(=O)OC(C)(C)C)ccc21. The molecule has 1 aliphatic heterocycles. The Morgan fingerprint density at radius 1 is 1.31 bits per heavy atom. The third-order valence-electron chi connectivity index (χ3n) is 3.89. The normalized spacial score (nSPS) is 15.0. The number of aliphatic hydroxyl groups is 1. The first kappa shape index (κ1) is 20.0. The fourth-order valence-corrected chi connectivity index (χ4v) is 2.84. The molecule has 1 atom stereocenters. The number of hydrogen-bond donors (Lipinski definition) is 3. The number of fused-ring (bicyclic) bond motifs is 1. The van der Waals surface area contributed by atoms with Crippen molar-refractivity contribution in [1.82, 2.24) is 5.32 Å². The number of anilines is 2. The molecular formula is C19H29N3O4. The lowest BCUT2D eigenvalue weighted by Crippen LogP contribution is -2.39. The highest BCUT2D eigenvalue weighted by molar-refractivity contribution is 6.02. The summed E-state index contributed by atoms with van der Waals surface area (Å²) in [6.07, 6.45) is -0.919. The van der Waals surface area contributed by atoms with E-state index in [1.165, 1.54) is 0 Å². The van der Waals surface area contributed by atoms with Crippen LogP contribution in [0.5, 0.6) is 0 Å². The van der Waals surface area contributed by atoms with Gasteiger partial charge in [-0.1, -0.05) is 0 Å². The highest BCUT2D eigenvalue weighted by atomic mass is 16.6. The van der Waals surface area contributed by atoms with E-state index in [1.807, 2.05) is 32.0 Å². The number of ether oxygens (including phenoxy) is 1. The Balaban J connectivity index is 1.84. The summed E-state index contributed by atoms with van der Waals surface area (Å²) in [6.45, 7) is 9.69. The predicted molar refractivity (Wildman–Crippen MR) is 102 cm³/mol. The fraction of sp³-hybridized carbons (Fsp3) is 0.579. The summed E-state index contributed by atoms with van der Waals surface area (Å²) in [5.74, 6) is 0.105. The molecule has 7 nitrogen and oxygen atoms in total. The molecule has 0 fully saturated rings. The fourth-order valence-electron chi connectivity index (χ4n) is 2.84. The van der Waals surface area contributed by atoms with E-state index in [0.29, 0.717) is 6.42 Å². The third kappa shape index (κ3) is 5.36. The molecule has 0 spiro atoms. The minimum atomic E-state index is -0.760. The van der Waals surface area contributed by atoms with Crippen molar-refractivity contribution in [3.8, 4) is 0 Å². The molecule has 0 aliphatic carbocycles. The lowest BCUT2D eigenvalue weighted by molar-refractivity contribution is -0.117. The van der Waals surface area contributed by atoms with Gasteiger partial charge in [0.2, 0.25) is 5.91 Å². The van der Waals surface area contributed by atoms with Crippen molar-refractivity contribution < 1.29 is 19.4 Å². The van der Waals surface area contributed by atoms with E-state index in [-0.39, 0.29) is 25.0 Å². The second kappa shape index (κ2) is 7.95. The predicted octanol–water partition coefficient (Wildman–Crippen LogP) is 2.28. The summed E-state index contributed by atoms with van der Waals surface area (Å²) in [6, 6.07) is 5.88. The topological polar surface area (TPSA) is 90.9 Å².